The molecular weight excluding hydrogens is 426 g/mol. The van der Waals surface area contributed by atoms with Gasteiger partial charge in [-0.25, -0.2) is 0 Å². The van der Waals surface area contributed by atoms with Crippen molar-refractivity contribution in [2.24, 2.45) is 0 Å². The van der Waals surface area contributed by atoms with Crippen LogP contribution in [0.3, 0.4) is 0 Å². The monoisotopic (exact) mass is 447 g/mol. The van der Waals surface area contributed by atoms with Crippen LogP contribution in [0.5, 0.6) is 0 Å². The number of hydrogen-bond acceptors (Lipinski definition) is 7. The van der Waals surface area contributed by atoms with E-state index in [-0.39, 0.29) is 5.56 Å². The molecule has 0 unspecified atom stereocenters. The zero-order valence-electron chi connectivity index (χ0n) is 17.5. The molecule has 32 heavy (non-hydrogen) atoms. The molecule has 0 aliphatic heterocycles. The molecule has 162 valence electrons. The van der Waals surface area contributed by atoms with Gasteiger partial charge in [-0.05, 0) is 18.6 Å². The van der Waals surface area contributed by atoms with Gasteiger partial charge in [-0.3, -0.25) is 13.8 Å². The van der Waals surface area contributed by atoms with Gasteiger partial charge in [-0.15, -0.1) is 10.2 Å². The van der Waals surface area contributed by atoms with Crippen LogP contribution in [0.4, 0.5) is 0 Å². The lowest BCUT2D eigenvalue weighted by atomic mass is 10.2. The molecule has 5 rings (SSSR count). The third kappa shape index (κ3) is 3.80. The quantitative estimate of drug-likeness (QED) is 0.262. The molecule has 0 saturated heterocycles. The summed E-state index contributed by atoms with van der Waals surface area (Å²) < 4.78 is 14.3. The molecule has 0 amide bonds. The van der Waals surface area contributed by atoms with Crippen LogP contribution in [0, 0.1) is 0 Å². The van der Waals surface area contributed by atoms with E-state index in [4.69, 9.17) is 9.26 Å². The zero-order chi connectivity index (χ0) is 21.9. The Balaban J connectivity index is 1.49. The second-order valence-electron chi connectivity index (χ2n) is 7.28. The number of nitrogens with zero attached hydrogens (tertiary/aromatic N) is 5. The van der Waals surface area contributed by atoms with Crippen molar-refractivity contribution in [2.75, 3.05) is 13.7 Å². The Kier molecular flexibility index (Phi) is 5.74. The molecule has 0 bridgehead atoms. The highest BCUT2D eigenvalue weighted by Gasteiger charge is 2.17. The maximum atomic E-state index is 13.1. The largest absolute Gasteiger partial charge is 0.385 e. The number of aryl methyl sites for hydroxylation is 1. The lowest BCUT2D eigenvalue weighted by Crippen LogP contribution is -2.24. The van der Waals surface area contributed by atoms with Crippen molar-refractivity contribution in [3.05, 3.63) is 76.7 Å². The molecule has 5 aromatic rings. The fraction of sp³-hybridized carbons (Fsp3) is 0.217. The van der Waals surface area contributed by atoms with Crippen molar-refractivity contribution in [3.63, 3.8) is 0 Å². The summed E-state index contributed by atoms with van der Waals surface area (Å²) in [4.78, 5) is 13.1. The average molecular weight is 448 g/mol. The number of para-hydroxylation sites is 1. The first-order valence-electron chi connectivity index (χ1n) is 10.3. The predicted octanol–water partition coefficient (Wildman–Crippen LogP) is 4.03. The number of aromatic nitrogens is 5. The van der Waals surface area contributed by atoms with Crippen LogP contribution in [0.25, 0.3) is 28.0 Å². The van der Waals surface area contributed by atoms with Gasteiger partial charge in [0.1, 0.15) is 0 Å². The Labute approximate surface area is 187 Å². The minimum absolute atomic E-state index is 0.0721. The molecule has 0 aliphatic rings. The summed E-state index contributed by atoms with van der Waals surface area (Å²) in [5, 5.41) is 14.2. The Morgan fingerprint density at radius 1 is 1.06 bits per heavy atom. The lowest BCUT2D eigenvalue weighted by Gasteiger charge is -2.10. The molecule has 0 aliphatic carbocycles. The summed E-state index contributed by atoms with van der Waals surface area (Å²) in [6.45, 7) is 1.07. The summed E-state index contributed by atoms with van der Waals surface area (Å²) in [5.41, 5.74) is 2.50. The Bertz CT molecular complexity index is 1420. The summed E-state index contributed by atoms with van der Waals surface area (Å²) in [6.07, 6.45) is 0.709. The van der Waals surface area contributed by atoms with E-state index in [0.29, 0.717) is 41.6 Å². The van der Waals surface area contributed by atoms with Crippen molar-refractivity contribution in [1.29, 1.82) is 0 Å². The molecule has 0 saturated carbocycles. The molecule has 8 nitrogen and oxygen atoms in total. The smallest absolute Gasteiger partial charge is 0.262 e. The predicted molar refractivity (Wildman–Crippen MR) is 123 cm³/mol. The fourth-order valence-electron chi connectivity index (χ4n) is 3.65. The Morgan fingerprint density at radius 2 is 1.88 bits per heavy atom. The molecule has 9 heteroatoms. The van der Waals surface area contributed by atoms with E-state index in [9.17, 15) is 4.79 Å². The van der Waals surface area contributed by atoms with Gasteiger partial charge < -0.3 is 9.26 Å². The zero-order valence-corrected chi connectivity index (χ0v) is 18.3. The van der Waals surface area contributed by atoms with Gasteiger partial charge in [-0.2, -0.15) is 0 Å². The van der Waals surface area contributed by atoms with E-state index in [1.807, 2.05) is 65.1 Å². The van der Waals surface area contributed by atoms with Crippen LogP contribution in [0.15, 0.2) is 75.1 Å². The van der Waals surface area contributed by atoms with Crippen LogP contribution in [0.1, 0.15) is 12.1 Å². The number of rotatable bonds is 8. The van der Waals surface area contributed by atoms with Gasteiger partial charge in [0, 0.05) is 37.6 Å². The minimum Gasteiger partial charge on any atom is -0.385 e. The van der Waals surface area contributed by atoms with Gasteiger partial charge in [0.25, 0.3) is 5.56 Å². The summed E-state index contributed by atoms with van der Waals surface area (Å²) in [6, 6.07) is 19.3. The van der Waals surface area contributed by atoms with Crippen LogP contribution < -0.4 is 5.56 Å². The SMILES string of the molecule is COCCCn1c(=O)c2ccccc2n2c(SCc3cc(-c4ccccc4)on3)nnc12. The third-order valence-corrected chi connectivity index (χ3v) is 6.14. The van der Waals surface area contributed by atoms with Crippen molar-refractivity contribution in [1.82, 2.24) is 24.3 Å². The Morgan fingerprint density at radius 3 is 2.72 bits per heavy atom. The number of hydrogen-bond donors (Lipinski definition) is 0. The lowest BCUT2D eigenvalue weighted by molar-refractivity contribution is 0.190. The van der Waals surface area contributed by atoms with Crippen LogP contribution in [-0.4, -0.2) is 38.0 Å². The van der Waals surface area contributed by atoms with Crippen molar-refractivity contribution >= 4 is 28.4 Å². The van der Waals surface area contributed by atoms with Crippen LogP contribution in [0.2, 0.25) is 0 Å². The molecular formula is C23H21N5O3S. The highest BCUT2D eigenvalue weighted by atomic mass is 32.2. The van der Waals surface area contributed by atoms with E-state index in [1.54, 1.807) is 11.7 Å². The second-order valence-corrected chi connectivity index (χ2v) is 8.22. The number of benzene rings is 2. The Hall–Kier alpha value is -3.43. The molecule has 0 N–H and O–H groups in total. The van der Waals surface area contributed by atoms with Crippen LogP contribution in [-0.2, 0) is 17.0 Å². The maximum Gasteiger partial charge on any atom is 0.262 e. The van der Waals surface area contributed by atoms with Crippen LogP contribution >= 0.6 is 11.8 Å². The van der Waals surface area contributed by atoms with Gasteiger partial charge in [0.2, 0.25) is 5.78 Å². The molecule has 3 aromatic heterocycles. The van der Waals surface area contributed by atoms with Gasteiger partial charge in [0.05, 0.1) is 16.6 Å². The topological polar surface area (TPSA) is 87.5 Å². The second kappa shape index (κ2) is 8.97. The van der Waals surface area contributed by atoms with Crippen molar-refractivity contribution < 1.29 is 9.26 Å². The normalized spacial score (nSPS) is 11.5. The standard InChI is InChI=1S/C23H21N5O3S/c1-30-13-7-12-27-21(29)18-10-5-6-11-19(18)28-22(27)24-25-23(28)32-15-17-14-20(31-26-17)16-8-3-2-4-9-16/h2-6,8-11,14H,7,12-13,15H2,1H3. The summed E-state index contributed by atoms with van der Waals surface area (Å²) in [5.74, 6) is 1.82. The highest BCUT2D eigenvalue weighted by Crippen LogP contribution is 2.27. The molecule has 0 fully saturated rings. The first kappa shape index (κ1) is 20.5. The summed E-state index contributed by atoms with van der Waals surface area (Å²) >= 11 is 1.50. The molecule has 0 radical (unpaired) electrons. The van der Waals surface area contributed by atoms with Crippen molar-refractivity contribution in [3.8, 4) is 11.3 Å². The van der Waals surface area contributed by atoms with E-state index >= 15 is 0 Å². The van der Waals surface area contributed by atoms with E-state index in [2.05, 4.69) is 15.4 Å². The summed E-state index contributed by atoms with van der Waals surface area (Å²) in [7, 11) is 1.65. The minimum atomic E-state index is -0.0721. The third-order valence-electron chi connectivity index (χ3n) is 5.17. The fourth-order valence-corrected chi connectivity index (χ4v) is 4.47. The maximum absolute atomic E-state index is 13.1. The first-order chi connectivity index (χ1) is 15.8. The molecule has 2 aromatic carbocycles. The van der Waals surface area contributed by atoms with E-state index in [1.165, 1.54) is 11.8 Å². The van der Waals surface area contributed by atoms with Crippen molar-refractivity contribution in [2.45, 2.75) is 23.9 Å². The van der Waals surface area contributed by atoms with Gasteiger partial charge in [0.15, 0.2) is 10.9 Å². The number of methoxy groups -OCH3 is 1. The van der Waals surface area contributed by atoms with E-state index in [0.717, 1.165) is 22.5 Å². The average Bonchev–Trinajstić information content (AvgIpc) is 3.48. The van der Waals surface area contributed by atoms with Gasteiger partial charge in [-0.1, -0.05) is 59.4 Å². The number of thioether (sulfide) groups is 1. The first-order valence-corrected chi connectivity index (χ1v) is 11.2. The molecule has 0 spiro atoms. The van der Waals surface area contributed by atoms with Gasteiger partial charge >= 0.3 is 0 Å². The molecule has 0 atom stereocenters. The highest BCUT2D eigenvalue weighted by molar-refractivity contribution is 7.98. The number of fused-ring (bicyclic) bond motifs is 3. The van der Waals surface area contributed by atoms with E-state index < -0.39 is 0 Å². The number of ether oxygens (including phenoxy) is 1. The molecule has 3 heterocycles.